The number of carbonyl (C=O) groups excluding carboxylic acids is 1. The maximum absolute atomic E-state index is 10.3. The van der Waals surface area contributed by atoms with Gasteiger partial charge in [0.25, 0.3) is 0 Å². The summed E-state index contributed by atoms with van der Waals surface area (Å²) in [6, 6.07) is 9.68. The topological polar surface area (TPSA) is 64.9 Å². The van der Waals surface area contributed by atoms with Crippen molar-refractivity contribution in [2.45, 2.75) is 0 Å². The molecule has 0 unspecified atom stereocenters. The zero-order valence-corrected chi connectivity index (χ0v) is 8.29. The van der Waals surface area contributed by atoms with E-state index >= 15 is 0 Å². The van der Waals surface area contributed by atoms with E-state index in [9.17, 15) is 4.79 Å². The van der Waals surface area contributed by atoms with Gasteiger partial charge in [0.1, 0.15) is 0 Å². The Hall–Kier alpha value is -1.34. The molecule has 1 N–H and O–H groups in total. The van der Waals surface area contributed by atoms with Crippen molar-refractivity contribution >= 4 is 6.29 Å². The van der Waals surface area contributed by atoms with Crippen molar-refractivity contribution in [1.82, 2.24) is 9.55 Å². The van der Waals surface area contributed by atoms with Crippen molar-refractivity contribution in [2.24, 2.45) is 0 Å². The normalized spacial score (nSPS) is 8.53. The van der Waals surface area contributed by atoms with Crippen LogP contribution in [0.25, 0.3) is 5.69 Å². The minimum atomic E-state index is 0. The van der Waals surface area contributed by atoms with E-state index in [0.717, 1.165) is 5.69 Å². The van der Waals surface area contributed by atoms with Crippen LogP contribution in [-0.2, 0) is 4.79 Å². The molecule has 0 aliphatic rings. The zero-order chi connectivity index (χ0) is 9.10. The number of aromatic nitrogens is 2. The molecule has 1 aromatic heterocycles. The first-order valence-electron chi connectivity index (χ1n) is 3.88. The van der Waals surface area contributed by atoms with E-state index in [-0.39, 0.29) is 24.3 Å². The van der Waals surface area contributed by atoms with Crippen LogP contribution in [0.5, 0.6) is 0 Å². The second-order valence-corrected chi connectivity index (χ2v) is 2.60. The Bertz CT molecular complexity index is 414. The third-order valence-corrected chi connectivity index (χ3v) is 1.74. The molecule has 0 spiro atoms. The summed E-state index contributed by atoms with van der Waals surface area (Å²) >= 11 is 0. The van der Waals surface area contributed by atoms with Gasteiger partial charge >= 0.3 is 18.9 Å². The molecule has 0 bridgehead atoms. The molecule has 0 aliphatic carbocycles. The van der Waals surface area contributed by atoms with E-state index < -0.39 is 0 Å². The molecule has 15 heavy (non-hydrogen) atoms. The van der Waals surface area contributed by atoms with E-state index in [1.807, 2.05) is 30.3 Å². The van der Waals surface area contributed by atoms with Gasteiger partial charge in [-0.15, -0.1) is 6.20 Å². The average Bonchev–Trinajstić information content (AvgIpc) is 2.67. The van der Waals surface area contributed by atoms with Gasteiger partial charge in [-0.2, -0.15) is 0 Å². The van der Waals surface area contributed by atoms with Crippen LogP contribution in [0.3, 0.4) is 0 Å². The van der Waals surface area contributed by atoms with Gasteiger partial charge in [0.15, 0.2) is 0 Å². The number of rotatable bonds is 2. The number of imidazole rings is 1. The summed E-state index contributed by atoms with van der Waals surface area (Å²) in [6.45, 7) is 0. The summed E-state index contributed by atoms with van der Waals surface area (Å²) in [5.74, 6) is 0. The second kappa shape index (κ2) is 6.20. The van der Waals surface area contributed by atoms with Gasteiger partial charge in [0.05, 0.1) is 6.33 Å². The van der Waals surface area contributed by atoms with Crippen LogP contribution < -0.4 is 18.9 Å². The van der Waals surface area contributed by atoms with Crippen molar-refractivity contribution in [1.29, 1.82) is 0 Å². The zero-order valence-electron chi connectivity index (χ0n) is 8.29. The third-order valence-electron chi connectivity index (χ3n) is 1.74. The number of para-hydroxylation sites is 1. The molecule has 1 aromatic carbocycles. The van der Waals surface area contributed by atoms with Crippen LogP contribution in [0.1, 0.15) is 5.69 Å². The summed E-state index contributed by atoms with van der Waals surface area (Å²) in [5.41, 5.74) is 1.31. The maximum atomic E-state index is 10.3. The molecule has 0 aliphatic heterocycles. The largest absolute Gasteiger partial charge is 1.00 e. The predicted octanol–water partition coefficient (Wildman–Crippen LogP) is -1.84. The first kappa shape index (κ1) is 13.7. The fourth-order valence-electron chi connectivity index (χ4n) is 1.12. The number of hydrogen-bond acceptors (Lipinski definition) is 3. The van der Waals surface area contributed by atoms with Crippen molar-refractivity contribution in [3.05, 3.63) is 48.5 Å². The minimum Gasteiger partial charge on any atom is -0.870 e. The van der Waals surface area contributed by atoms with E-state index in [4.69, 9.17) is 0 Å². The van der Waals surface area contributed by atoms with E-state index in [0.29, 0.717) is 5.69 Å². The Balaban J connectivity index is 0.000000980. The van der Waals surface area contributed by atoms with Crippen LogP contribution >= 0.6 is 0 Å². The van der Waals surface area contributed by atoms with Crippen molar-refractivity contribution in [3.8, 4) is 5.69 Å². The van der Waals surface area contributed by atoms with Crippen molar-refractivity contribution in [2.75, 3.05) is 0 Å². The molecule has 0 saturated carbocycles. The molecule has 0 amide bonds. The smallest absolute Gasteiger partial charge is 0.870 e. The summed E-state index contributed by atoms with van der Waals surface area (Å²) in [7, 11) is 0. The van der Waals surface area contributed by atoms with Crippen LogP contribution in [0.2, 0.25) is 0 Å². The monoisotopic (exact) mass is 195 g/mol. The molecule has 72 valence electrons. The number of hydrogen-bond donors (Lipinski definition) is 0. The molecule has 0 radical (unpaired) electrons. The Morgan fingerprint density at radius 2 is 1.87 bits per heavy atom. The molecule has 0 atom stereocenters. The summed E-state index contributed by atoms with van der Waals surface area (Å²) < 4.78 is 1.78. The Labute approximate surface area is 99.4 Å². The van der Waals surface area contributed by atoms with E-state index in [2.05, 4.69) is 4.98 Å². The van der Waals surface area contributed by atoms with Crippen molar-refractivity contribution in [3.63, 3.8) is 0 Å². The van der Waals surface area contributed by atoms with Crippen LogP contribution in [0.15, 0.2) is 42.9 Å². The Morgan fingerprint density at radius 3 is 2.40 bits per heavy atom. The van der Waals surface area contributed by atoms with Crippen LogP contribution in [-0.4, -0.2) is 21.3 Å². The predicted molar refractivity (Wildman–Crippen MR) is 50.3 cm³/mol. The molecular weight excluding hydrogens is 187 g/mol. The molecule has 2 aromatic rings. The van der Waals surface area contributed by atoms with Gasteiger partial charge in [-0.05, 0) is 17.8 Å². The van der Waals surface area contributed by atoms with E-state index in [1.165, 1.54) is 0 Å². The van der Waals surface area contributed by atoms with Gasteiger partial charge in [-0.25, -0.2) is 0 Å². The van der Waals surface area contributed by atoms with Crippen LogP contribution in [0.4, 0.5) is 0 Å². The van der Waals surface area contributed by atoms with Gasteiger partial charge in [0, 0.05) is 12.0 Å². The number of benzene rings is 1. The quantitative estimate of drug-likeness (QED) is 0.417. The first-order chi connectivity index (χ1) is 6.40. The molecule has 0 fully saturated rings. The van der Waals surface area contributed by atoms with Gasteiger partial charge in [-0.1, -0.05) is 18.2 Å². The van der Waals surface area contributed by atoms with E-state index in [1.54, 1.807) is 23.4 Å². The maximum Gasteiger partial charge on any atom is 1.00 e. The second-order valence-electron chi connectivity index (χ2n) is 2.60. The number of nitrogens with zero attached hydrogens (tertiary/aromatic N) is 2. The van der Waals surface area contributed by atoms with Gasteiger partial charge in [0.2, 0.25) is 0 Å². The van der Waals surface area contributed by atoms with Crippen LogP contribution in [0, 0.1) is 0 Å². The first-order valence-corrected chi connectivity index (χ1v) is 3.88. The molecule has 5 heteroatoms. The summed E-state index contributed by atoms with van der Waals surface area (Å²) in [6.07, 6.45) is 4.97. The molecule has 1 heterocycles. The fraction of sp³-hybridized carbons (Fsp3) is 0. The minimum absolute atomic E-state index is 0. The molecule has 2 rings (SSSR count). The Kier molecular flexibility index (Phi) is 5.64. The SMILES string of the molecule is O=[C-]c1cn(-c2ccccc2)cn1.[Li+].[OH-]. The standard InChI is InChI=1S/C10H7N2O.Li.H2O/c13-7-9-6-12(8-11-9)10-4-2-1-3-5-10;;/h1-6,8H;;1H2/q-1;+1;/p-1. The summed E-state index contributed by atoms with van der Waals surface area (Å²) in [4.78, 5) is 14.1. The Morgan fingerprint density at radius 1 is 1.20 bits per heavy atom. The summed E-state index contributed by atoms with van der Waals surface area (Å²) in [5, 5.41) is 0. The van der Waals surface area contributed by atoms with Crippen molar-refractivity contribution < 1.29 is 29.1 Å². The molecule has 0 saturated heterocycles. The van der Waals surface area contributed by atoms with Gasteiger partial charge in [-0.3, -0.25) is 4.98 Å². The molecular formula is C10H8LiN2O2-. The third kappa shape index (κ3) is 3.07. The average molecular weight is 195 g/mol. The fourth-order valence-corrected chi connectivity index (χ4v) is 1.12. The van der Waals surface area contributed by atoms with Gasteiger partial charge < -0.3 is 14.8 Å². The molecule has 4 nitrogen and oxygen atoms in total.